The molecule has 0 aromatic carbocycles. The fourth-order valence-corrected chi connectivity index (χ4v) is 3.71. The van der Waals surface area contributed by atoms with E-state index < -0.39 is 0 Å². The van der Waals surface area contributed by atoms with Gasteiger partial charge in [0.1, 0.15) is 0 Å². The van der Waals surface area contributed by atoms with E-state index in [1.807, 2.05) is 0 Å². The van der Waals surface area contributed by atoms with Gasteiger partial charge in [-0.05, 0) is 64.7 Å². The van der Waals surface area contributed by atoms with Crippen LogP contribution in [0.5, 0.6) is 0 Å². The Kier molecular flexibility index (Phi) is 5.46. The highest BCUT2D eigenvalue weighted by Crippen LogP contribution is 2.28. The molecule has 2 rings (SSSR count). The van der Waals surface area contributed by atoms with Crippen LogP contribution in [0, 0.1) is 5.92 Å². The van der Waals surface area contributed by atoms with E-state index in [-0.39, 0.29) is 6.10 Å². The van der Waals surface area contributed by atoms with E-state index in [1.165, 1.54) is 51.7 Å². The number of rotatable bonds is 6. The number of hydrogen-bond donors (Lipinski definition) is 1. The smallest absolute Gasteiger partial charge is 0.0568 e. The Bertz CT molecular complexity index is 247. The topological polar surface area (TPSA) is 26.7 Å². The van der Waals surface area contributed by atoms with E-state index in [0.29, 0.717) is 5.92 Å². The molecule has 1 aliphatic carbocycles. The Morgan fingerprint density at radius 3 is 2.72 bits per heavy atom. The molecule has 1 saturated heterocycles. The molecular weight excluding hydrogens is 224 g/mol. The molecule has 106 valence electrons. The molecule has 0 aromatic heterocycles. The molecule has 1 heterocycles. The second kappa shape index (κ2) is 6.88. The zero-order valence-electron chi connectivity index (χ0n) is 12.1. The van der Waals surface area contributed by atoms with Crippen molar-refractivity contribution in [2.45, 2.75) is 57.6 Å². The van der Waals surface area contributed by atoms with Gasteiger partial charge in [0, 0.05) is 12.6 Å². The zero-order valence-corrected chi connectivity index (χ0v) is 12.1. The van der Waals surface area contributed by atoms with Gasteiger partial charge in [-0.3, -0.25) is 4.90 Å². The largest absolute Gasteiger partial charge is 0.393 e. The molecule has 3 unspecified atom stereocenters. The number of likely N-dealkylation sites (tertiary alicyclic amines) is 1. The van der Waals surface area contributed by atoms with E-state index in [1.54, 1.807) is 0 Å². The Morgan fingerprint density at radius 1 is 1.22 bits per heavy atom. The molecule has 3 atom stereocenters. The minimum atomic E-state index is -0.0166. The van der Waals surface area contributed by atoms with E-state index in [2.05, 4.69) is 23.8 Å². The normalized spacial score (nSPS) is 33.7. The highest BCUT2D eigenvalue weighted by atomic mass is 16.3. The third kappa shape index (κ3) is 3.69. The Labute approximate surface area is 112 Å². The first-order valence-corrected chi connectivity index (χ1v) is 7.81. The molecule has 1 aliphatic heterocycles. The Hall–Kier alpha value is -0.120. The highest BCUT2D eigenvalue weighted by molar-refractivity contribution is 4.82. The van der Waals surface area contributed by atoms with Crippen LogP contribution in [-0.2, 0) is 0 Å². The monoisotopic (exact) mass is 254 g/mol. The van der Waals surface area contributed by atoms with Crippen molar-refractivity contribution in [3.63, 3.8) is 0 Å². The van der Waals surface area contributed by atoms with Crippen molar-refractivity contribution >= 4 is 0 Å². The van der Waals surface area contributed by atoms with Gasteiger partial charge in [-0.1, -0.05) is 13.3 Å². The minimum absolute atomic E-state index is 0.0166. The average molecular weight is 254 g/mol. The number of nitrogens with zero attached hydrogens (tertiary/aromatic N) is 2. The van der Waals surface area contributed by atoms with E-state index >= 15 is 0 Å². The Balaban J connectivity index is 1.66. The fraction of sp³-hybridized carbons (Fsp3) is 1.00. The quantitative estimate of drug-likeness (QED) is 0.785. The van der Waals surface area contributed by atoms with Crippen LogP contribution >= 0.6 is 0 Å². The molecule has 2 aliphatic rings. The third-order valence-corrected chi connectivity index (χ3v) is 4.93. The van der Waals surface area contributed by atoms with E-state index in [9.17, 15) is 5.11 Å². The second-order valence-corrected chi connectivity index (χ2v) is 6.23. The first kappa shape index (κ1) is 14.3. The van der Waals surface area contributed by atoms with E-state index in [4.69, 9.17) is 0 Å². The van der Waals surface area contributed by atoms with Gasteiger partial charge in [-0.2, -0.15) is 0 Å². The van der Waals surface area contributed by atoms with Crippen molar-refractivity contribution in [3.8, 4) is 0 Å². The summed E-state index contributed by atoms with van der Waals surface area (Å²) < 4.78 is 0. The van der Waals surface area contributed by atoms with E-state index in [0.717, 1.165) is 19.0 Å². The van der Waals surface area contributed by atoms with Crippen molar-refractivity contribution in [1.29, 1.82) is 0 Å². The van der Waals surface area contributed by atoms with Crippen LogP contribution in [0.15, 0.2) is 0 Å². The van der Waals surface area contributed by atoms with Crippen LogP contribution in [0.4, 0.5) is 0 Å². The highest BCUT2D eigenvalue weighted by Gasteiger charge is 2.27. The number of aliphatic hydroxyl groups excluding tert-OH is 1. The van der Waals surface area contributed by atoms with Crippen LogP contribution in [-0.4, -0.2) is 60.3 Å². The van der Waals surface area contributed by atoms with Gasteiger partial charge in [0.2, 0.25) is 0 Å². The fourth-order valence-electron chi connectivity index (χ4n) is 3.71. The molecule has 0 spiro atoms. The molecule has 1 N–H and O–H groups in total. The van der Waals surface area contributed by atoms with Gasteiger partial charge >= 0.3 is 0 Å². The summed E-state index contributed by atoms with van der Waals surface area (Å²) in [6, 6.07) is 0.772. The lowest BCUT2D eigenvalue weighted by atomic mass is 10.0. The van der Waals surface area contributed by atoms with Crippen LogP contribution in [0.2, 0.25) is 0 Å². The van der Waals surface area contributed by atoms with Crippen molar-refractivity contribution in [3.05, 3.63) is 0 Å². The van der Waals surface area contributed by atoms with Gasteiger partial charge in [-0.15, -0.1) is 0 Å². The lowest BCUT2D eigenvalue weighted by Crippen LogP contribution is -2.39. The molecule has 18 heavy (non-hydrogen) atoms. The lowest BCUT2D eigenvalue weighted by Gasteiger charge is -2.28. The molecular formula is C15H30N2O. The summed E-state index contributed by atoms with van der Waals surface area (Å²) in [6.07, 6.45) is 7.38. The van der Waals surface area contributed by atoms with Crippen LogP contribution < -0.4 is 0 Å². The summed E-state index contributed by atoms with van der Waals surface area (Å²) >= 11 is 0. The summed E-state index contributed by atoms with van der Waals surface area (Å²) in [5.74, 6) is 0.568. The molecule has 2 fully saturated rings. The molecule has 3 heteroatoms. The van der Waals surface area contributed by atoms with Crippen LogP contribution in [0.1, 0.15) is 45.4 Å². The molecule has 3 nitrogen and oxygen atoms in total. The minimum Gasteiger partial charge on any atom is -0.393 e. The summed E-state index contributed by atoms with van der Waals surface area (Å²) in [5, 5.41) is 9.84. The molecule has 0 bridgehead atoms. The first-order chi connectivity index (χ1) is 8.70. The molecule has 0 radical (unpaired) electrons. The summed E-state index contributed by atoms with van der Waals surface area (Å²) in [4.78, 5) is 5.09. The van der Waals surface area contributed by atoms with Crippen LogP contribution in [0.3, 0.4) is 0 Å². The lowest BCUT2D eigenvalue weighted by molar-refractivity contribution is 0.117. The molecule has 0 amide bonds. The van der Waals surface area contributed by atoms with Gasteiger partial charge in [0.15, 0.2) is 0 Å². The van der Waals surface area contributed by atoms with Crippen molar-refractivity contribution < 1.29 is 5.11 Å². The first-order valence-electron chi connectivity index (χ1n) is 7.81. The summed E-state index contributed by atoms with van der Waals surface area (Å²) in [5.41, 5.74) is 0. The summed E-state index contributed by atoms with van der Waals surface area (Å²) in [6.45, 7) is 7.11. The zero-order chi connectivity index (χ0) is 13.0. The van der Waals surface area contributed by atoms with Gasteiger partial charge in [-0.25, -0.2) is 0 Å². The predicted molar refractivity (Wildman–Crippen MR) is 75.7 cm³/mol. The average Bonchev–Trinajstić information content (AvgIpc) is 2.95. The van der Waals surface area contributed by atoms with Gasteiger partial charge in [0.05, 0.1) is 6.10 Å². The van der Waals surface area contributed by atoms with Crippen LogP contribution in [0.25, 0.3) is 0 Å². The summed E-state index contributed by atoms with van der Waals surface area (Å²) in [7, 11) is 2.24. The maximum absolute atomic E-state index is 9.84. The number of likely N-dealkylation sites (N-methyl/N-ethyl adjacent to an activating group) is 2. The molecule has 0 aromatic rings. The second-order valence-electron chi connectivity index (χ2n) is 6.23. The number of hydrogen-bond acceptors (Lipinski definition) is 3. The Morgan fingerprint density at radius 2 is 2.06 bits per heavy atom. The SMILES string of the molecule is CCN1CCCC1CN(C)CCC1CCCC1O. The standard InChI is InChI=1S/C15H30N2O/c1-3-17-10-5-7-14(17)12-16(2)11-9-13-6-4-8-15(13)18/h13-15,18H,3-12H2,1-2H3. The van der Waals surface area contributed by atoms with Crippen molar-refractivity contribution in [1.82, 2.24) is 9.80 Å². The van der Waals surface area contributed by atoms with Gasteiger partial charge in [0.25, 0.3) is 0 Å². The molecule has 1 saturated carbocycles. The van der Waals surface area contributed by atoms with Crippen molar-refractivity contribution in [2.24, 2.45) is 5.92 Å². The number of aliphatic hydroxyl groups is 1. The van der Waals surface area contributed by atoms with Gasteiger partial charge < -0.3 is 10.0 Å². The maximum Gasteiger partial charge on any atom is 0.0568 e. The predicted octanol–water partition coefficient (Wildman–Crippen LogP) is 1.95. The maximum atomic E-state index is 9.84. The van der Waals surface area contributed by atoms with Crippen molar-refractivity contribution in [2.75, 3.05) is 33.2 Å². The third-order valence-electron chi connectivity index (χ3n) is 4.93.